The molecule has 33 heavy (non-hydrogen) atoms. The van der Waals surface area contributed by atoms with Crippen LogP contribution < -0.4 is 10.2 Å². The van der Waals surface area contributed by atoms with Crippen LogP contribution in [0.4, 0.5) is 5.69 Å². The number of carbonyl (C=O) groups excluding carboxylic acids is 2. The van der Waals surface area contributed by atoms with Gasteiger partial charge in [-0.15, -0.1) is 0 Å². The molecule has 0 aliphatic carbocycles. The van der Waals surface area contributed by atoms with E-state index in [9.17, 15) is 9.59 Å². The molecule has 0 unspecified atom stereocenters. The monoisotopic (exact) mass is 440 g/mol. The lowest BCUT2D eigenvalue weighted by Gasteiger charge is -2.27. The van der Waals surface area contributed by atoms with Gasteiger partial charge < -0.3 is 14.8 Å². The lowest BCUT2D eigenvalue weighted by atomic mass is 10.1. The Morgan fingerprint density at radius 3 is 2.42 bits per heavy atom. The van der Waals surface area contributed by atoms with E-state index in [0.29, 0.717) is 11.4 Å². The Labute approximate surface area is 193 Å². The second-order valence-electron chi connectivity index (χ2n) is 8.35. The molecule has 1 N–H and O–H groups in total. The van der Waals surface area contributed by atoms with Crippen molar-refractivity contribution in [3.63, 3.8) is 0 Å². The minimum atomic E-state index is -0.170. The summed E-state index contributed by atoms with van der Waals surface area (Å²) in [6.07, 6.45) is 0. The summed E-state index contributed by atoms with van der Waals surface area (Å²) < 4.78 is 1.90. The summed E-state index contributed by atoms with van der Waals surface area (Å²) in [5.41, 5.74) is 4.14. The van der Waals surface area contributed by atoms with Gasteiger partial charge in [0.2, 0.25) is 5.91 Å². The number of imidazole rings is 1. The highest BCUT2D eigenvalue weighted by molar-refractivity contribution is 5.95. The van der Waals surface area contributed by atoms with E-state index in [0.717, 1.165) is 22.3 Å². The van der Waals surface area contributed by atoms with Crippen molar-refractivity contribution >= 4 is 28.5 Å². The number of anilines is 1. The van der Waals surface area contributed by atoms with Crippen LogP contribution in [0.2, 0.25) is 0 Å². The van der Waals surface area contributed by atoms with Gasteiger partial charge in [-0.25, -0.2) is 4.98 Å². The predicted molar refractivity (Wildman–Crippen MR) is 131 cm³/mol. The van der Waals surface area contributed by atoms with E-state index in [1.807, 2.05) is 98.1 Å². The minimum absolute atomic E-state index is 0.000779. The molecule has 6 heteroatoms. The first-order valence-electron chi connectivity index (χ1n) is 11.1. The summed E-state index contributed by atoms with van der Waals surface area (Å²) in [7, 11) is 0. The van der Waals surface area contributed by atoms with Gasteiger partial charge in [0, 0.05) is 17.3 Å². The first-order chi connectivity index (χ1) is 15.9. The van der Waals surface area contributed by atoms with E-state index in [4.69, 9.17) is 4.98 Å². The zero-order valence-electron chi connectivity index (χ0n) is 19.2. The Kier molecular flexibility index (Phi) is 6.54. The van der Waals surface area contributed by atoms with Gasteiger partial charge in [-0.3, -0.25) is 9.59 Å². The summed E-state index contributed by atoms with van der Waals surface area (Å²) in [4.78, 5) is 32.6. The third-order valence-electron chi connectivity index (χ3n) is 5.53. The van der Waals surface area contributed by atoms with Crippen molar-refractivity contribution in [1.82, 2.24) is 14.9 Å². The summed E-state index contributed by atoms with van der Waals surface area (Å²) in [5, 5.41) is 2.95. The standard InChI is InChI=1S/C27H28N4O2/c1-19(2)31(22-12-5-4-6-13-22)26(32)18-30-24-15-8-7-14-23(24)29-25(30)17-28-27(33)21-11-9-10-20(3)16-21/h4-16,19H,17-18H2,1-3H3,(H,28,33). The zero-order chi connectivity index (χ0) is 23.4. The highest BCUT2D eigenvalue weighted by Gasteiger charge is 2.22. The van der Waals surface area contributed by atoms with Crippen molar-refractivity contribution in [1.29, 1.82) is 0 Å². The molecule has 0 aliphatic heterocycles. The molecule has 1 heterocycles. The second-order valence-corrected chi connectivity index (χ2v) is 8.35. The number of rotatable bonds is 7. The number of nitrogens with zero attached hydrogens (tertiary/aromatic N) is 3. The molecule has 4 aromatic rings. The number of fused-ring (bicyclic) bond motifs is 1. The molecule has 168 valence electrons. The Morgan fingerprint density at radius 1 is 0.970 bits per heavy atom. The average Bonchev–Trinajstić information content (AvgIpc) is 3.15. The SMILES string of the molecule is Cc1cccc(C(=O)NCc2nc3ccccc3n2CC(=O)N(c2ccccc2)C(C)C)c1. The molecule has 0 radical (unpaired) electrons. The highest BCUT2D eigenvalue weighted by Crippen LogP contribution is 2.20. The van der Waals surface area contributed by atoms with Crippen molar-refractivity contribution in [2.75, 3.05) is 4.90 Å². The Bertz CT molecular complexity index is 1280. The third kappa shape index (κ3) is 4.95. The molecule has 2 amide bonds. The van der Waals surface area contributed by atoms with Gasteiger partial charge in [0.1, 0.15) is 12.4 Å². The number of hydrogen-bond acceptors (Lipinski definition) is 3. The molecular weight excluding hydrogens is 412 g/mol. The van der Waals surface area contributed by atoms with Crippen molar-refractivity contribution in [2.24, 2.45) is 0 Å². The van der Waals surface area contributed by atoms with Crippen LogP contribution in [0, 0.1) is 6.92 Å². The number of benzene rings is 3. The number of para-hydroxylation sites is 3. The average molecular weight is 441 g/mol. The Morgan fingerprint density at radius 2 is 1.70 bits per heavy atom. The normalized spacial score (nSPS) is 11.0. The molecule has 0 saturated heterocycles. The molecule has 0 aliphatic rings. The van der Waals surface area contributed by atoms with E-state index in [-0.39, 0.29) is 30.9 Å². The van der Waals surface area contributed by atoms with Crippen LogP contribution in [0.15, 0.2) is 78.9 Å². The minimum Gasteiger partial charge on any atom is -0.345 e. The van der Waals surface area contributed by atoms with Crippen molar-refractivity contribution < 1.29 is 9.59 Å². The van der Waals surface area contributed by atoms with E-state index >= 15 is 0 Å². The highest BCUT2D eigenvalue weighted by atomic mass is 16.2. The number of nitrogens with one attached hydrogen (secondary N) is 1. The van der Waals surface area contributed by atoms with Gasteiger partial charge in [0.25, 0.3) is 5.91 Å². The molecular formula is C27H28N4O2. The third-order valence-corrected chi connectivity index (χ3v) is 5.53. The van der Waals surface area contributed by atoms with Crippen molar-refractivity contribution in [3.8, 4) is 0 Å². The van der Waals surface area contributed by atoms with Crippen LogP contribution >= 0.6 is 0 Å². The first-order valence-corrected chi connectivity index (χ1v) is 11.1. The molecule has 0 spiro atoms. The maximum atomic E-state index is 13.4. The fourth-order valence-corrected chi connectivity index (χ4v) is 4.01. The van der Waals surface area contributed by atoms with Gasteiger partial charge in [0.05, 0.1) is 17.6 Å². The summed E-state index contributed by atoms with van der Waals surface area (Å²) in [6, 6.07) is 24.8. The van der Waals surface area contributed by atoms with Crippen LogP contribution in [0.1, 0.15) is 35.6 Å². The topological polar surface area (TPSA) is 67.2 Å². The molecule has 0 fully saturated rings. The van der Waals surface area contributed by atoms with Crippen LogP contribution in [-0.2, 0) is 17.9 Å². The maximum Gasteiger partial charge on any atom is 0.251 e. The van der Waals surface area contributed by atoms with Crippen LogP contribution in [0.25, 0.3) is 11.0 Å². The second kappa shape index (κ2) is 9.69. The summed E-state index contributed by atoms with van der Waals surface area (Å²) in [5.74, 6) is 0.435. The summed E-state index contributed by atoms with van der Waals surface area (Å²) >= 11 is 0. The van der Waals surface area contributed by atoms with E-state index in [1.54, 1.807) is 11.0 Å². The quantitative estimate of drug-likeness (QED) is 0.452. The smallest absolute Gasteiger partial charge is 0.251 e. The van der Waals surface area contributed by atoms with Gasteiger partial charge in [-0.05, 0) is 57.2 Å². The van der Waals surface area contributed by atoms with Gasteiger partial charge >= 0.3 is 0 Å². The van der Waals surface area contributed by atoms with Gasteiger partial charge in [-0.2, -0.15) is 0 Å². The number of aryl methyl sites for hydroxylation is 1. The molecule has 0 bridgehead atoms. The zero-order valence-corrected chi connectivity index (χ0v) is 19.2. The van der Waals surface area contributed by atoms with Crippen LogP contribution in [-0.4, -0.2) is 27.4 Å². The van der Waals surface area contributed by atoms with Gasteiger partial charge in [-0.1, -0.05) is 48.0 Å². The Balaban J connectivity index is 1.61. The number of amides is 2. The lowest BCUT2D eigenvalue weighted by Crippen LogP contribution is -2.39. The van der Waals surface area contributed by atoms with E-state index < -0.39 is 0 Å². The lowest BCUT2D eigenvalue weighted by molar-refractivity contribution is -0.119. The van der Waals surface area contributed by atoms with E-state index in [1.165, 1.54) is 0 Å². The van der Waals surface area contributed by atoms with E-state index in [2.05, 4.69) is 5.32 Å². The van der Waals surface area contributed by atoms with Crippen LogP contribution in [0.5, 0.6) is 0 Å². The first kappa shape index (κ1) is 22.3. The maximum absolute atomic E-state index is 13.4. The number of hydrogen-bond donors (Lipinski definition) is 1. The largest absolute Gasteiger partial charge is 0.345 e. The van der Waals surface area contributed by atoms with Crippen molar-refractivity contribution in [3.05, 3.63) is 95.8 Å². The predicted octanol–water partition coefficient (Wildman–Crippen LogP) is 4.72. The molecule has 3 aromatic carbocycles. The Hall–Kier alpha value is -3.93. The van der Waals surface area contributed by atoms with Crippen molar-refractivity contribution in [2.45, 2.75) is 39.9 Å². The molecule has 6 nitrogen and oxygen atoms in total. The molecule has 0 atom stereocenters. The molecule has 0 saturated carbocycles. The number of carbonyl (C=O) groups is 2. The summed E-state index contributed by atoms with van der Waals surface area (Å²) in [6.45, 7) is 6.31. The molecule has 1 aromatic heterocycles. The fourth-order valence-electron chi connectivity index (χ4n) is 4.01. The van der Waals surface area contributed by atoms with Gasteiger partial charge in [0.15, 0.2) is 0 Å². The number of aromatic nitrogens is 2. The fraction of sp³-hybridized carbons (Fsp3) is 0.222. The molecule has 4 rings (SSSR count). The van der Waals surface area contributed by atoms with Crippen LogP contribution in [0.3, 0.4) is 0 Å².